The second kappa shape index (κ2) is 10.9. The molecule has 2 aromatic carbocycles. The molecule has 0 N–H and O–H groups in total. The molecule has 4 rings (SSSR count). The highest BCUT2D eigenvalue weighted by atomic mass is 19.4. The maximum absolute atomic E-state index is 12.8. The van der Waals surface area contributed by atoms with Gasteiger partial charge in [0.15, 0.2) is 5.78 Å². The molecule has 0 aliphatic rings. The molecular formula is C25H21F3N4O4. The average molecular weight is 498 g/mol. The first-order chi connectivity index (χ1) is 17.3. The van der Waals surface area contributed by atoms with Gasteiger partial charge in [0.2, 0.25) is 5.89 Å². The predicted octanol–water partition coefficient (Wildman–Crippen LogP) is 5.75. The third-order valence-electron chi connectivity index (χ3n) is 5.08. The first-order valence-electron chi connectivity index (χ1n) is 10.9. The number of hydrogen-bond acceptors (Lipinski definition) is 7. The van der Waals surface area contributed by atoms with Gasteiger partial charge in [-0.3, -0.25) is 4.79 Å². The van der Waals surface area contributed by atoms with Crippen molar-refractivity contribution in [1.82, 2.24) is 20.0 Å². The second-order valence-corrected chi connectivity index (χ2v) is 7.61. The Morgan fingerprint density at radius 2 is 1.81 bits per heavy atom. The van der Waals surface area contributed by atoms with Crippen LogP contribution in [0, 0.1) is 0 Å². The highest BCUT2D eigenvalue weighted by Gasteiger charge is 2.30. The molecule has 0 saturated carbocycles. The number of alkyl halides is 3. The molecular weight excluding hydrogens is 477 g/mol. The minimum atomic E-state index is -4.73. The normalized spacial score (nSPS) is 12.6. The van der Waals surface area contributed by atoms with E-state index in [1.807, 2.05) is 6.92 Å². The lowest BCUT2D eigenvalue weighted by atomic mass is 10.0. The van der Waals surface area contributed by atoms with Crippen LogP contribution < -0.4 is 9.47 Å². The highest BCUT2D eigenvalue weighted by Crippen LogP contribution is 2.24. The van der Waals surface area contributed by atoms with Gasteiger partial charge < -0.3 is 13.9 Å². The van der Waals surface area contributed by atoms with Crippen molar-refractivity contribution in [3.05, 3.63) is 89.9 Å². The zero-order chi connectivity index (χ0) is 25.5. The van der Waals surface area contributed by atoms with Crippen molar-refractivity contribution in [2.24, 2.45) is 0 Å². The Bertz CT molecular complexity index is 1300. The summed E-state index contributed by atoms with van der Waals surface area (Å²) in [6, 6.07) is 11.8. The van der Waals surface area contributed by atoms with Crippen molar-refractivity contribution in [2.75, 3.05) is 0 Å². The number of aromatic nitrogens is 4. The lowest BCUT2D eigenvalue weighted by molar-refractivity contribution is -0.274. The Balaban J connectivity index is 1.30. The van der Waals surface area contributed by atoms with E-state index in [2.05, 4.69) is 20.0 Å². The van der Waals surface area contributed by atoms with E-state index in [4.69, 9.17) is 9.15 Å². The Kier molecular flexibility index (Phi) is 7.47. The molecule has 1 unspecified atom stereocenters. The van der Waals surface area contributed by atoms with E-state index in [1.54, 1.807) is 47.3 Å². The van der Waals surface area contributed by atoms with Crippen LogP contribution in [0.25, 0.3) is 12.2 Å². The summed E-state index contributed by atoms with van der Waals surface area (Å²) in [7, 11) is 0. The Labute approximate surface area is 204 Å². The lowest BCUT2D eigenvalue weighted by Gasteiger charge is -2.14. The van der Waals surface area contributed by atoms with Crippen LogP contribution in [0.4, 0.5) is 13.2 Å². The summed E-state index contributed by atoms with van der Waals surface area (Å²) < 4.78 is 53.2. The molecule has 4 aromatic rings. The van der Waals surface area contributed by atoms with Gasteiger partial charge >= 0.3 is 6.36 Å². The second-order valence-electron chi connectivity index (χ2n) is 7.61. The summed E-state index contributed by atoms with van der Waals surface area (Å²) in [5, 5.41) is 7.68. The number of rotatable bonds is 10. The van der Waals surface area contributed by atoms with Crippen LogP contribution in [0.5, 0.6) is 11.5 Å². The molecule has 0 saturated heterocycles. The maximum Gasteiger partial charge on any atom is 0.573 e. The van der Waals surface area contributed by atoms with Gasteiger partial charge in [0, 0.05) is 17.8 Å². The van der Waals surface area contributed by atoms with Crippen LogP contribution in [0.1, 0.15) is 46.9 Å². The molecule has 0 fully saturated rings. The fraction of sp³-hybridized carbons (Fsp3) is 0.200. The molecule has 1 atom stereocenters. The molecule has 2 aromatic heterocycles. The van der Waals surface area contributed by atoms with Crippen molar-refractivity contribution >= 4 is 17.9 Å². The van der Waals surface area contributed by atoms with Crippen molar-refractivity contribution in [1.29, 1.82) is 0 Å². The molecule has 186 valence electrons. The van der Waals surface area contributed by atoms with Crippen molar-refractivity contribution in [3.63, 3.8) is 0 Å². The van der Waals surface area contributed by atoms with E-state index < -0.39 is 12.4 Å². The highest BCUT2D eigenvalue weighted by molar-refractivity contribution is 5.99. The van der Waals surface area contributed by atoms with Crippen molar-refractivity contribution < 1.29 is 31.9 Å². The molecule has 0 radical (unpaired) electrons. The van der Waals surface area contributed by atoms with Gasteiger partial charge in [-0.05, 0) is 54.5 Å². The molecule has 0 aliphatic heterocycles. The molecule has 0 aliphatic carbocycles. The third-order valence-corrected chi connectivity index (χ3v) is 5.08. The first-order valence-corrected chi connectivity index (χ1v) is 10.9. The number of carbonyl (C=O) groups excluding carboxylic acids is 1. The standard InChI is InChI=1S/C25H21F3N4O4/c1-2-22(32-14-13-29-31-32)24(33)18-6-10-20(11-7-18)34-15-19-16-35-23(30-19)12-5-17-3-8-21(9-4-17)36-25(26,27)28/h3-14,16,22H,2,15H2,1H3. The summed E-state index contributed by atoms with van der Waals surface area (Å²) in [6.07, 6.45) is 3.72. The van der Waals surface area contributed by atoms with Gasteiger partial charge in [-0.15, -0.1) is 18.3 Å². The third kappa shape index (κ3) is 6.59. The smallest absolute Gasteiger partial charge is 0.487 e. The summed E-state index contributed by atoms with van der Waals surface area (Å²) in [5.74, 6) is 0.503. The zero-order valence-corrected chi connectivity index (χ0v) is 19.1. The summed E-state index contributed by atoms with van der Waals surface area (Å²) >= 11 is 0. The lowest BCUT2D eigenvalue weighted by Crippen LogP contribution is -2.19. The number of ether oxygens (including phenoxy) is 2. The van der Waals surface area contributed by atoms with Crippen LogP contribution in [-0.4, -0.2) is 32.1 Å². The van der Waals surface area contributed by atoms with Crippen LogP contribution in [0.3, 0.4) is 0 Å². The molecule has 36 heavy (non-hydrogen) atoms. The minimum absolute atomic E-state index is 0.0648. The van der Waals surface area contributed by atoms with Gasteiger partial charge in [-0.2, -0.15) is 0 Å². The van der Waals surface area contributed by atoms with Gasteiger partial charge in [0.1, 0.15) is 36.1 Å². The Morgan fingerprint density at radius 3 is 2.44 bits per heavy atom. The number of carbonyl (C=O) groups is 1. The Hall–Kier alpha value is -4.41. The van der Waals surface area contributed by atoms with Crippen molar-refractivity contribution in [2.45, 2.75) is 32.4 Å². The van der Waals surface area contributed by atoms with E-state index in [9.17, 15) is 18.0 Å². The molecule has 0 spiro atoms. The largest absolute Gasteiger partial charge is 0.573 e. The number of oxazole rings is 1. The fourth-order valence-corrected chi connectivity index (χ4v) is 3.35. The van der Waals surface area contributed by atoms with Crippen LogP contribution in [-0.2, 0) is 6.61 Å². The summed E-state index contributed by atoms with van der Waals surface area (Å²) in [4.78, 5) is 17.1. The fourth-order valence-electron chi connectivity index (χ4n) is 3.35. The van der Waals surface area contributed by atoms with Gasteiger partial charge in [-0.1, -0.05) is 24.3 Å². The van der Waals surface area contributed by atoms with E-state index >= 15 is 0 Å². The van der Waals surface area contributed by atoms with Gasteiger partial charge in [0.05, 0.1) is 6.20 Å². The molecule has 2 heterocycles. The average Bonchev–Trinajstić information content (AvgIpc) is 3.55. The molecule has 11 heteroatoms. The van der Waals surface area contributed by atoms with Crippen LogP contribution in [0.15, 0.2) is 71.6 Å². The molecule has 0 bridgehead atoms. The maximum atomic E-state index is 12.8. The first kappa shape index (κ1) is 24.7. The summed E-state index contributed by atoms with van der Waals surface area (Å²) in [5.41, 5.74) is 1.72. The molecule has 0 amide bonds. The summed E-state index contributed by atoms with van der Waals surface area (Å²) in [6.45, 7) is 2.05. The number of ketones is 1. The number of nitrogens with zero attached hydrogens (tertiary/aromatic N) is 4. The van der Waals surface area contributed by atoms with Crippen LogP contribution in [0.2, 0.25) is 0 Å². The Morgan fingerprint density at radius 1 is 1.08 bits per heavy atom. The van der Waals surface area contributed by atoms with Gasteiger partial charge in [0.25, 0.3) is 0 Å². The van der Waals surface area contributed by atoms with Gasteiger partial charge in [-0.25, -0.2) is 9.67 Å². The predicted molar refractivity (Wildman–Crippen MR) is 123 cm³/mol. The number of halogens is 3. The quantitative estimate of drug-likeness (QED) is 0.257. The van der Waals surface area contributed by atoms with Crippen LogP contribution >= 0.6 is 0 Å². The number of benzene rings is 2. The monoisotopic (exact) mass is 498 g/mol. The number of hydrogen-bond donors (Lipinski definition) is 0. The van der Waals surface area contributed by atoms with Crippen molar-refractivity contribution in [3.8, 4) is 11.5 Å². The zero-order valence-electron chi connectivity index (χ0n) is 19.1. The number of Topliss-reactive ketones (excluding diaryl/α,β-unsaturated/α-hetero) is 1. The molecule has 8 nitrogen and oxygen atoms in total. The topological polar surface area (TPSA) is 92.3 Å². The van der Waals surface area contributed by atoms with E-state index in [0.717, 1.165) is 0 Å². The van der Waals surface area contributed by atoms with E-state index in [-0.39, 0.29) is 18.1 Å². The minimum Gasteiger partial charge on any atom is -0.487 e. The van der Waals surface area contributed by atoms with E-state index in [1.165, 1.54) is 36.7 Å². The van der Waals surface area contributed by atoms with E-state index in [0.29, 0.717) is 34.9 Å². The SMILES string of the molecule is CCC(C(=O)c1ccc(OCc2coc(C=Cc3ccc(OC(F)(F)F)cc3)n2)cc1)n1ccnn1.